The Bertz CT molecular complexity index is 1330. The lowest BCUT2D eigenvalue weighted by Crippen LogP contribution is -2.42. The van der Waals surface area contributed by atoms with E-state index in [0.717, 1.165) is 16.9 Å². The van der Waals surface area contributed by atoms with Crippen LogP contribution in [0.1, 0.15) is 27.7 Å². The van der Waals surface area contributed by atoms with Crippen molar-refractivity contribution in [1.82, 2.24) is 10.1 Å². The number of amides is 1. The van der Waals surface area contributed by atoms with Crippen molar-refractivity contribution in [3.63, 3.8) is 0 Å². The van der Waals surface area contributed by atoms with Gasteiger partial charge in [-0.05, 0) is 66.1 Å². The first kappa shape index (κ1) is 23.3. The minimum Gasteiger partial charge on any atom is -0.497 e. The van der Waals surface area contributed by atoms with Gasteiger partial charge in [0.15, 0.2) is 23.0 Å². The Morgan fingerprint density at radius 2 is 1.72 bits per heavy atom. The number of furan rings is 1. The lowest BCUT2D eigenvalue weighted by molar-refractivity contribution is 0.0579. The molecule has 1 atom stereocenters. The lowest BCUT2D eigenvalue weighted by Gasteiger charge is -2.37. The van der Waals surface area contributed by atoms with Gasteiger partial charge < -0.3 is 32.8 Å². The van der Waals surface area contributed by atoms with Gasteiger partial charge in [-0.15, -0.1) is 0 Å². The van der Waals surface area contributed by atoms with Crippen LogP contribution in [0.4, 0.5) is 0 Å². The van der Waals surface area contributed by atoms with E-state index in [-0.39, 0.29) is 18.2 Å². The van der Waals surface area contributed by atoms with Crippen molar-refractivity contribution in [2.45, 2.75) is 12.5 Å². The number of hydrogen-bond acceptors (Lipinski definition) is 8. The molecule has 0 aliphatic carbocycles. The SMILES string of the molecule is COc1ccc(OCC2c3cc(OC)c(OC)cc3CCN2C(=O)c2cc(-c3ccco3)on2)cc1. The van der Waals surface area contributed by atoms with Crippen LogP contribution >= 0.6 is 0 Å². The van der Waals surface area contributed by atoms with Crippen molar-refractivity contribution in [3.05, 3.63) is 77.7 Å². The predicted molar refractivity (Wildman–Crippen MR) is 130 cm³/mol. The summed E-state index contributed by atoms with van der Waals surface area (Å²) >= 11 is 0. The summed E-state index contributed by atoms with van der Waals surface area (Å²) in [6.45, 7) is 0.699. The first-order valence-corrected chi connectivity index (χ1v) is 11.4. The molecule has 2 aromatic carbocycles. The molecule has 0 saturated carbocycles. The van der Waals surface area contributed by atoms with Gasteiger partial charge in [0.25, 0.3) is 5.91 Å². The van der Waals surface area contributed by atoms with Crippen LogP contribution in [0.15, 0.2) is 69.8 Å². The van der Waals surface area contributed by atoms with Gasteiger partial charge in [0.1, 0.15) is 18.1 Å². The maximum Gasteiger partial charge on any atom is 0.276 e. The molecule has 1 amide bonds. The second-order valence-corrected chi connectivity index (χ2v) is 8.21. The van der Waals surface area contributed by atoms with E-state index < -0.39 is 6.04 Å². The highest BCUT2D eigenvalue weighted by molar-refractivity contribution is 5.93. The molecule has 186 valence electrons. The van der Waals surface area contributed by atoms with Crippen LogP contribution in [0, 0.1) is 0 Å². The Labute approximate surface area is 208 Å². The minimum atomic E-state index is -0.396. The molecular formula is C27H26N2O7. The normalized spacial score (nSPS) is 14.8. The molecule has 1 aliphatic rings. The molecule has 9 heteroatoms. The van der Waals surface area contributed by atoms with Crippen molar-refractivity contribution in [2.24, 2.45) is 0 Å². The highest BCUT2D eigenvalue weighted by atomic mass is 16.5. The van der Waals surface area contributed by atoms with Gasteiger partial charge in [-0.2, -0.15) is 0 Å². The summed E-state index contributed by atoms with van der Waals surface area (Å²) in [7, 11) is 4.81. The molecule has 2 aromatic heterocycles. The predicted octanol–water partition coefficient (Wildman–Crippen LogP) is 4.78. The average molecular weight is 491 g/mol. The van der Waals surface area contributed by atoms with Crippen molar-refractivity contribution < 1.29 is 32.7 Å². The lowest BCUT2D eigenvalue weighted by atomic mass is 9.91. The molecule has 9 nitrogen and oxygen atoms in total. The van der Waals surface area contributed by atoms with Crippen LogP contribution in [0.5, 0.6) is 23.0 Å². The summed E-state index contributed by atoms with van der Waals surface area (Å²) in [5, 5.41) is 4.01. The third-order valence-corrected chi connectivity index (χ3v) is 6.22. The molecule has 5 rings (SSSR count). The molecule has 0 fully saturated rings. The molecule has 0 N–H and O–H groups in total. The molecule has 0 bridgehead atoms. The Hall–Kier alpha value is -4.40. The second kappa shape index (κ2) is 10.1. The quantitative estimate of drug-likeness (QED) is 0.348. The van der Waals surface area contributed by atoms with Gasteiger partial charge in [-0.1, -0.05) is 5.16 Å². The number of rotatable bonds is 8. The number of fused-ring (bicyclic) bond motifs is 1. The number of hydrogen-bond donors (Lipinski definition) is 0. The maximum absolute atomic E-state index is 13.6. The first-order chi connectivity index (χ1) is 17.6. The number of methoxy groups -OCH3 is 3. The molecule has 4 aromatic rings. The zero-order chi connectivity index (χ0) is 25.1. The van der Waals surface area contributed by atoms with Crippen LogP contribution in [-0.2, 0) is 6.42 Å². The molecule has 0 radical (unpaired) electrons. The summed E-state index contributed by atoms with van der Waals surface area (Å²) in [4.78, 5) is 15.4. The summed E-state index contributed by atoms with van der Waals surface area (Å²) in [6.07, 6.45) is 2.18. The fraction of sp³-hybridized carbons (Fsp3) is 0.259. The molecule has 1 unspecified atom stereocenters. The van der Waals surface area contributed by atoms with Crippen molar-refractivity contribution in [2.75, 3.05) is 34.5 Å². The smallest absolute Gasteiger partial charge is 0.276 e. The van der Waals surface area contributed by atoms with Gasteiger partial charge in [-0.3, -0.25) is 4.79 Å². The summed E-state index contributed by atoms with van der Waals surface area (Å²) in [5.41, 5.74) is 2.19. The van der Waals surface area contributed by atoms with Crippen LogP contribution < -0.4 is 18.9 Å². The van der Waals surface area contributed by atoms with Crippen LogP contribution in [-0.4, -0.2) is 50.4 Å². The number of aromatic nitrogens is 1. The highest BCUT2D eigenvalue weighted by Gasteiger charge is 2.34. The monoisotopic (exact) mass is 490 g/mol. The topological polar surface area (TPSA) is 96.4 Å². The number of ether oxygens (including phenoxy) is 4. The fourth-order valence-corrected chi connectivity index (χ4v) is 4.36. The van der Waals surface area contributed by atoms with E-state index >= 15 is 0 Å². The Morgan fingerprint density at radius 1 is 0.972 bits per heavy atom. The number of benzene rings is 2. The van der Waals surface area contributed by atoms with Gasteiger partial charge >= 0.3 is 0 Å². The minimum absolute atomic E-state index is 0.194. The van der Waals surface area contributed by atoms with Crippen molar-refractivity contribution in [1.29, 1.82) is 0 Å². The first-order valence-electron chi connectivity index (χ1n) is 11.4. The number of carbonyl (C=O) groups is 1. The zero-order valence-corrected chi connectivity index (χ0v) is 20.2. The number of carbonyl (C=O) groups excluding carboxylic acids is 1. The second-order valence-electron chi connectivity index (χ2n) is 8.21. The van der Waals surface area contributed by atoms with E-state index in [2.05, 4.69) is 5.16 Å². The standard InChI is InChI=1S/C27H26N2O7/c1-31-18-6-8-19(9-7-18)35-16-22-20-14-25(33-3)24(32-2)13-17(20)10-11-29(22)27(30)21-15-26(36-28-21)23-5-4-12-34-23/h4-9,12-15,22H,10-11,16H2,1-3H3. The van der Waals surface area contributed by atoms with E-state index in [1.54, 1.807) is 44.4 Å². The van der Waals surface area contributed by atoms with Crippen LogP contribution in [0.25, 0.3) is 11.5 Å². The Balaban J connectivity index is 1.46. The molecule has 36 heavy (non-hydrogen) atoms. The molecule has 0 spiro atoms. The van der Waals surface area contributed by atoms with Gasteiger partial charge in [-0.25, -0.2) is 0 Å². The number of nitrogens with zero attached hydrogens (tertiary/aromatic N) is 2. The van der Waals surface area contributed by atoms with Gasteiger partial charge in [0, 0.05) is 12.6 Å². The summed E-state index contributed by atoms with van der Waals surface area (Å²) in [5.74, 6) is 3.25. The molecule has 1 aliphatic heterocycles. The largest absolute Gasteiger partial charge is 0.497 e. The van der Waals surface area contributed by atoms with Crippen LogP contribution in [0.2, 0.25) is 0 Å². The summed E-state index contributed by atoms with van der Waals surface area (Å²) < 4.78 is 33.1. The van der Waals surface area contributed by atoms with Gasteiger partial charge in [0.2, 0.25) is 5.76 Å². The Kier molecular flexibility index (Phi) is 6.53. The molecular weight excluding hydrogens is 464 g/mol. The average Bonchev–Trinajstić information content (AvgIpc) is 3.63. The third kappa shape index (κ3) is 4.47. The maximum atomic E-state index is 13.6. The van der Waals surface area contributed by atoms with E-state index in [9.17, 15) is 4.79 Å². The molecule has 3 heterocycles. The molecule has 0 saturated heterocycles. The Morgan fingerprint density at radius 3 is 2.42 bits per heavy atom. The van der Waals surface area contributed by atoms with Crippen molar-refractivity contribution >= 4 is 5.91 Å². The van der Waals surface area contributed by atoms with E-state index in [0.29, 0.717) is 41.7 Å². The van der Waals surface area contributed by atoms with Crippen molar-refractivity contribution in [3.8, 4) is 34.5 Å². The third-order valence-electron chi connectivity index (χ3n) is 6.22. The van der Waals surface area contributed by atoms with Crippen LogP contribution in [0.3, 0.4) is 0 Å². The van der Waals surface area contributed by atoms with E-state index in [4.69, 9.17) is 27.9 Å². The van der Waals surface area contributed by atoms with E-state index in [1.165, 1.54) is 6.26 Å². The fourth-order valence-electron chi connectivity index (χ4n) is 4.36. The van der Waals surface area contributed by atoms with E-state index in [1.807, 2.05) is 36.4 Å². The highest BCUT2D eigenvalue weighted by Crippen LogP contribution is 2.39. The summed E-state index contributed by atoms with van der Waals surface area (Å²) in [6, 6.07) is 15.9. The zero-order valence-electron chi connectivity index (χ0n) is 20.2. The van der Waals surface area contributed by atoms with Gasteiger partial charge in [0.05, 0.1) is 33.6 Å².